The topological polar surface area (TPSA) is 44.1 Å². The number of methoxy groups -OCH3 is 1. The van der Waals surface area contributed by atoms with Gasteiger partial charge in [0.1, 0.15) is 11.6 Å². The molecule has 5 heteroatoms. The minimum Gasteiger partial charge on any atom is -0.465 e. The van der Waals surface area contributed by atoms with E-state index in [1.807, 2.05) is 17.8 Å². The fourth-order valence-electron chi connectivity index (χ4n) is 1.74. The van der Waals surface area contributed by atoms with Crippen molar-refractivity contribution in [3.8, 4) is 0 Å². The molecular formula is C13H13FN2O2. The molecular weight excluding hydrogens is 235 g/mol. The summed E-state index contributed by atoms with van der Waals surface area (Å²) in [6.07, 6.45) is 3.96. The zero-order chi connectivity index (χ0) is 13.1. The predicted octanol–water partition coefficient (Wildman–Crippen LogP) is 1.94. The van der Waals surface area contributed by atoms with Crippen molar-refractivity contribution in [2.45, 2.75) is 6.42 Å². The molecule has 0 radical (unpaired) electrons. The van der Waals surface area contributed by atoms with Crippen molar-refractivity contribution in [3.05, 3.63) is 53.4 Å². The normalized spacial score (nSPS) is 10.4. The molecule has 0 aliphatic rings. The van der Waals surface area contributed by atoms with Crippen molar-refractivity contribution in [2.24, 2.45) is 7.05 Å². The number of aryl methyl sites for hydroxylation is 1. The first-order valence-corrected chi connectivity index (χ1v) is 5.44. The molecule has 0 saturated carbocycles. The maximum atomic E-state index is 13.4. The van der Waals surface area contributed by atoms with E-state index in [4.69, 9.17) is 0 Å². The van der Waals surface area contributed by atoms with Gasteiger partial charge >= 0.3 is 5.97 Å². The number of carbonyl (C=O) groups is 1. The molecule has 1 aromatic heterocycles. The fraction of sp³-hybridized carbons (Fsp3) is 0.231. The van der Waals surface area contributed by atoms with Crippen LogP contribution in [0, 0.1) is 5.82 Å². The van der Waals surface area contributed by atoms with E-state index in [0.29, 0.717) is 12.0 Å². The second-order valence-corrected chi connectivity index (χ2v) is 3.97. The Hall–Kier alpha value is -2.17. The Labute approximate surface area is 104 Å². The summed E-state index contributed by atoms with van der Waals surface area (Å²) in [5, 5.41) is 0. The lowest BCUT2D eigenvalue weighted by atomic mass is 10.1. The van der Waals surface area contributed by atoms with Crippen LogP contribution in [0.25, 0.3) is 0 Å². The van der Waals surface area contributed by atoms with Crippen LogP contribution in [0.4, 0.5) is 4.39 Å². The summed E-state index contributed by atoms with van der Waals surface area (Å²) in [7, 11) is 3.13. The van der Waals surface area contributed by atoms with Crippen LogP contribution in [0.1, 0.15) is 21.7 Å². The standard InChI is InChI=1S/C13H13FN2O2/c1-16-4-3-15-12(16)7-9-5-10(13(17)18-2)8-11(14)6-9/h3-6,8H,7H2,1-2H3. The van der Waals surface area contributed by atoms with E-state index in [2.05, 4.69) is 9.72 Å². The maximum absolute atomic E-state index is 13.4. The largest absolute Gasteiger partial charge is 0.465 e. The molecule has 18 heavy (non-hydrogen) atoms. The van der Waals surface area contributed by atoms with Crippen molar-refractivity contribution in [1.82, 2.24) is 9.55 Å². The smallest absolute Gasteiger partial charge is 0.337 e. The van der Waals surface area contributed by atoms with Crippen molar-refractivity contribution in [3.63, 3.8) is 0 Å². The number of carbonyl (C=O) groups excluding carboxylic acids is 1. The summed E-state index contributed by atoms with van der Waals surface area (Å²) in [5.74, 6) is -0.200. The number of hydrogen-bond donors (Lipinski definition) is 0. The summed E-state index contributed by atoms with van der Waals surface area (Å²) in [4.78, 5) is 15.5. The quantitative estimate of drug-likeness (QED) is 0.780. The number of imidazole rings is 1. The molecule has 0 amide bonds. The van der Waals surface area contributed by atoms with E-state index in [9.17, 15) is 9.18 Å². The number of esters is 1. The zero-order valence-electron chi connectivity index (χ0n) is 10.2. The lowest BCUT2D eigenvalue weighted by molar-refractivity contribution is 0.0600. The third-order valence-corrected chi connectivity index (χ3v) is 2.66. The third kappa shape index (κ3) is 2.56. The van der Waals surface area contributed by atoms with Gasteiger partial charge in [0, 0.05) is 25.9 Å². The first-order chi connectivity index (χ1) is 8.60. The van der Waals surface area contributed by atoms with Gasteiger partial charge in [-0.1, -0.05) is 0 Å². The molecule has 0 N–H and O–H groups in total. The molecule has 0 atom stereocenters. The monoisotopic (exact) mass is 248 g/mol. The Balaban J connectivity index is 2.31. The summed E-state index contributed by atoms with van der Waals surface area (Å²) in [6, 6.07) is 4.17. The van der Waals surface area contributed by atoms with Crippen LogP contribution >= 0.6 is 0 Å². The number of benzene rings is 1. The molecule has 0 spiro atoms. The first kappa shape index (κ1) is 12.3. The Morgan fingerprint density at radius 1 is 1.44 bits per heavy atom. The Bertz CT molecular complexity index is 578. The summed E-state index contributed by atoms with van der Waals surface area (Å²) >= 11 is 0. The van der Waals surface area contributed by atoms with Crippen molar-refractivity contribution < 1.29 is 13.9 Å². The zero-order valence-corrected chi connectivity index (χ0v) is 10.2. The van der Waals surface area contributed by atoms with Crippen LogP contribution in [0.5, 0.6) is 0 Å². The van der Waals surface area contributed by atoms with E-state index < -0.39 is 11.8 Å². The van der Waals surface area contributed by atoms with E-state index in [-0.39, 0.29) is 5.56 Å². The van der Waals surface area contributed by atoms with Gasteiger partial charge in [0.2, 0.25) is 0 Å². The molecule has 1 heterocycles. The van der Waals surface area contributed by atoms with Gasteiger partial charge in [0.25, 0.3) is 0 Å². The molecule has 0 aliphatic heterocycles. The van der Waals surface area contributed by atoms with E-state index >= 15 is 0 Å². The highest BCUT2D eigenvalue weighted by Gasteiger charge is 2.10. The molecule has 0 saturated heterocycles. The Morgan fingerprint density at radius 2 is 2.22 bits per heavy atom. The molecule has 1 aromatic carbocycles. The Kier molecular flexibility index (Phi) is 3.41. The summed E-state index contributed by atoms with van der Waals surface area (Å²) < 4.78 is 19.8. The second-order valence-electron chi connectivity index (χ2n) is 3.97. The van der Waals surface area contributed by atoms with Crippen LogP contribution in [0.2, 0.25) is 0 Å². The van der Waals surface area contributed by atoms with Crippen LogP contribution in [-0.4, -0.2) is 22.6 Å². The van der Waals surface area contributed by atoms with Crippen LogP contribution < -0.4 is 0 Å². The SMILES string of the molecule is COC(=O)c1cc(F)cc(Cc2nccn2C)c1. The molecule has 2 rings (SSSR count). The van der Waals surface area contributed by atoms with Gasteiger partial charge < -0.3 is 9.30 Å². The number of aromatic nitrogens is 2. The number of halogens is 1. The average Bonchev–Trinajstić information content (AvgIpc) is 2.73. The van der Waals surface area contributed by atoms with E-state index in [1.54, 1.807) is 12.3 Å². The molecule has 0 bridgehead atoms. The summed E-state index contributed by atoms with van der Waals surface area (Å²) in [6.45, 7) is 0. The molecule has 4 nitrogen and oxygen atoms in total. The summed E-state index contributed by atoms with van der Waals surface area (Å²) in [5.41, 5.74) is 0.895. The van der Waals surface area contributed by atoms with E-state index in [0.717, 1.165) is 11.9 Å². The Morgan fingerprint density at radius 3 is 2.83 bits per heavy atom. The highest BCUT2D eigenvalue weighted by molar-refractivity contribution is 5.89. The molecule has 2 aromatic rings. The van der Waals surface area contributed by atoms with Gasteiger partial charge in [-0.3, -0.25) is 0 Å². The number of ether oxygens (including phenoxy) is 1. The van der Waals surface area contributed by atoms with Gasteiger partial charge in [-0.05, 0) is 23.8 Å². The van der Waals surface area contributed by atoms with Crippen molar-refractivity contribution in [1.29, 1.82) is 0 Å². The average molecular weight is 248 g/mol. The van der Waals surface area contributed by atoms with Gasteiger partial charge in [0.05, 0.1) is 12.7 Å². The van der Waals surface area contributed by atoms with Crippen LogP contribution in [0.3, 0.4) is 0 Å². The van der Waals surface area contributed by atoms with Gasteiger partial charge in [0.15, 0.2) is 0 Å². The lowest BCUT2D eigenvalue weighted by Crippen LogP contribution is -2.04. The molecule has 0 unspecified atom stereocenters. The highest BCUT2D eigenvalue weighted by Crippen LogP contribution is 2.13. The van der Waals surface area contributed by atoms with Gasteiger partial charge in [-0.25, -0.2) is 14.2 Å². The minimum absolute atomic E-state index is 0.210. The maximum Gasteiger partial charge on any atom is 0.337 e. The predicted molar refractivity (Wildman–Crippen MR) is 63.8 cm³/mol. The van der Waals surface area contributed by atoms with E-state index in [1.165, 1.54) is 13.2 Å². The molecule has 94 valence electrons. The van der Waals surface area contributed by atoms with Gasteiger partial charge in [-0.2, -0.15) is 0 Å². The number of hydrogen-bond acceptors (Lipinski definition) is 3. The lowest BCUT2D eigenvalue weighted by Gasteiger charge is -2.05. The van der Waals surface area contributed by atoms with Crippen molar-refractivity contribution in [2.75, 3.05) is 7.11 Å². The number of rotatable bonds is 3. The van der Waals surface area contributed by atoms with Crippen LogP contribution in [-0.2, 0) is 18.2 Å². The number of nitrogens with zero attached hydrogens (tertiary/aromatic N) is 2. The van der Waals surface area contributed by atoms with Crippen LogP contribution in [0.15, 0.2) is 30.6 Å². The molecule has 0 aliphatic carbocycles. The van der Waals surface area contributed by atoms with Crippen molar-refractivity contribution >= 4 is 5.97 Å². The molecule has 0 fully saturated rings. The second kappa shape index (κ2) is 5.00. The third-order valence-electron chi connectivity index (χ3n) is 2.66. The first-order valence-electron chi connectivity index (χ1n) is 5.44. The van der Waals surface area contributed by atoms with Gasteiger partial charge in [-0.15, -0.1) is 0 Å². The minimum atomic E-state index is -0.546. The highest BCUT2D eigenvalue weighted by atomic mass is 19.1. The fourth-order valence-corrected chi connectivity index (χ4v) is 1.74.